The number of aliphatic carboxylic acids is 1. The number of nitrogens with one attached hydrogen (secondary N) is 3. The number of benzene rings is 1. The van der Waals surface area contributed by atoms with Gasteiger partial charge in [-0.25, -0.2) is 24.7 Å². The third-order valence-electron chi connectivity index (χ3n) is 4.54. The molecule has 13 nitrogen and oxygen atoms in total. The van der Waals surface area contributed by atoms with E-state index < -0.39 is 40.7 Å². The summed E-state index contributed by atoms with van der Waals surface area (Å²) in [6.45, 7) is 5.31. The molecule has 194 valence electrons. The van der Waals surface area contributed by atoms with Crippen molar-refractivity contribution in [2.75, 3.05) is 6.54 Å². The number of guanidine groups is 1. The summed E-state index contributed by atoms with van der Waals surface area (Å²) in [5.74, 6) is -2.16. The maximum Gasteiger partial charge on any atom is 0.408 e. The number of nitrogens with zero attached hydrogens (tertiary/aromatic N) is 2. The van der Waals surface area contributed by atoms with Crippen molar-refractivity contribution in [3.63, 3.8) is 0 Å². The van der Waals surface area contributed by atoms with Crippen LogP contribution >= 0.6 is 0 Å². The van der Waals surface area contributed by atoms with E-state index in [9.17, 15) is 29.6 Å². The number of hydrogen-bond acceptors (Lipinski definition) is 7. The predicted octanol–water partition coefficient (Wildman–Crippen LogP) is 1.35. The Hall–Kier alpha value is -3.90. The molecule has 13 heteroatoms. The van der Waals surface area contributed by atoms with Crippen molar-refractivity contribution in [2.45, 2.75) is 70.6 Å². The Morgan fingerprint density at radius 1 is 1.11 bits per heavy atom. The van der Waals surface area contributed by atoms with E-state index in [1.54, 1.807) is 50.5 Å². The van der Waals surface area contributed by atoms with Crippen LogP contribution in [0.4, 0.5) is 4.79 Å². The van der Waals surface area contributed by atoms with E-state index in [1.807, 2.05) is 6.07 Å². The first-order chi connectivity index (χ1) is 16.4. The number of aliphatic imine (C=N–C) groups is 1. The highest BCUT2D eigenvalue weighted by Gasteiger charge is 2.28. The SMILES string of the molecule is CC(C)(C)OC(=O)N[C@H](Cc1ccccc1)C(=O)N[C@@H](CCCCCN=C(N)N[N+](=O)[O-])C(=O)O. The molecule has 6 N–H and O–H groups in total. The standard InChI is InChI=1S/C22H34N6O7/c1-22(2,3)35-21(32)26-17(14-15-10-6-4-7-11-15)18(29)25-16(19(30)31)12-8-5-9-13-24-20(23)27-28(33)34/h4,6-7,10-11,16-17H,5,8-9,12-14H2,1-3H3,(H,25,29)(H,26,32)(H,30,31)(H3,23,24,27)/t16-,17+/m0/s1. The van der Waals surface area contributed by atoms with E-state index in [2.05, 4.69) is 15.6 Å². The minimum absolute atomic E-state index is 0.149. The quantitative estimate of drug-likeness (QED) is 0.0882. The number of nitro groups is 1. The van der Waals surface area contributed by atoms with Gasteiger partial charge in [0, 0.05) is 13.0 Å². The van der Waals surface area contributed by atoms with Crippen LogP contribution in [0.2, 0.25) is 0 Å². The molecule has 1 aromatic rings. The lowest BCUT2D eigenvalue weighted by molar-refractivity contribution is -0.525. The fourth-order valence-corrected chi connectivity index (χ4v) is 3.00. The van der Waals surface area contributed by atoms with Gasteiger partial charge in [0.15, 0.2) is 5.03 Å². The van der Waals surface area contributed by atoms with Crippen LogP contribution in [0.3, 0.4) is 0 Å². The van der Waals surface area contributed by atoms with Crippen LogP contribution in [0.5, 0.6) is 0 Å². The summed E-state index contributed by atoms with van der Waals surface area (Å²) in [6, 6.07) is 6.79. The molecule has 1 rings (SSSR count). The molecule has 0 aliphatic heterocycles. The number of hydrogen-bond donors (Lipinski definition) is 5. The number of alkyl carbamates (subject to hydrolysis) is 1. The number of carboxylic acid groups (broad SMARTS) is 1. The van der Waals surface area contributed by atoms with Crippen molar-refractivity contribution in [2.24, 2.45) is 10.7 Å². The number of unbranched alkanes of at least 4 members (excludes halogenated alkanes) is 2. The second kappa shape index (κ2) is 14.4. The largest absolute Gasteiger partial charge is 0.480 e. The van der Waals surface area contributed by atoms with Gasteiger partial charge in [0.2, 0.25) is 5.91 Å². The number of carbonyl (C=O) groups excluding carboxylic acids is 2. The zero-order valence-electron chi connectivity index (χ0n) is 20.2. The highest BCUT2D eigenvalue weighted by atomic mass is 16.7. The van der Waals surface area contributed by atoms with Crippen molar-refractivity contribution in [1.29, 1.82) is 0 Å². The van der Waals surface area contributed by atoms with Gasteiger partial charge < -0.3 is 26.2 Å². The van der Waals surface area contributed by atoms with Gasteiger partial charge in [0.25, 0.3) is 5.96 Å². The number of rotatable bonds is 13. The van der Waals surface area contributed by atoms with Gasteiger partial charge in [0.05, 0.1) is 0 Å². The van der Waals surface area contributed by atoms with Crippen LogP contribution < -0.4 is 21.8 Å². The first-order valence-corrected chi connectivity index (χ1v) is 11.1. The van der Waals surface area contributed by atoms with Crippen LogP contribution in [0, 0.1) is 10.1 Å². The second-order valence-electron chi connectivity index (χ2n) is 8.77. The van der Waals surface area contributed by atoms with Crippen molar-refractivity contribution < 1.29 is 29.3 Å². The smallest absolute Gasteiger partial charge is 0.408 e. The lowest BCUT2D eigenvalue weighted by Crippen LogP contribution is -2.53. The molecule has 0 radical (unpaired) electrons. The summed E-state index contributed by atoms with van der Waals surface area (Å²) in [5.41, 5.74) is 7.06. The minimum Gasteiger partial charge on any atom is -0.480 e. The third-order valence-corrected chi connectivity index (χ3v) is 4.54. The Balaban J connectivity index is 2.70. The number of carbonyl (C=O) groups is 3. The third kappa shape index (κ3) is 13.4. The predicted molar refractivity (Wildman–Crippen MR) is 128 cm³/mol. The van der Waals surface area contributed by atoms with E-state index in [0.717, 1.165) is 5.56 Å². The number of amides is 2. The molecular formula is C22H34N6O7. The van der Waals surface area contributed by atoms with Crippen LogP contribution in [-0.2, 0) is 20.7 Å². The normalized spacial score (nSPS) is 13.3. The number of hydrazine groups is 1. The molecule has 0 unspecified atom stereocenters. The van der Waals surface area contributed by atoms with Gasteiger partial charge in [0.1, 0.15) is 17.7 Å². The average molecular weight is 495 g/mol. The Morgan fingerprint density at radius 3 is 2.34 bits per heavy atom. The van der Waals surface area contributed by atoms with Gasteiger partial charge in [-0.15, -0.1) is 0 Å². The fraction of sp³-hybridized carbons (Fsp3) is 0.545. The van der Waals surface area contributed by atoms with E-state index in [1.165, 1.54) is 0 Å². The Labute approximate surface area is 203 Å². The zero-order valence-corrected chi connectivity index (χ0v) is 20.2. The topological polar surface area (TPSA) is 198 Å². The summed E-state index contributed by atoms with van der Waals surface area (Å²) in [4.78, 5) is 50.9. The number of carboxylic acids is 1. The monoisotopic (exact) mass is 494 g/mol. The van der Waals surface area contributed by atoms with Crippen LogP contribution in [0.25, 0.3) is 0 Å². The van der Waals surface area contributed by atoms with Gasteiger partial charge in [-0.1, -0.05) is 48.6 Å². The molecule has 0 bridgehead atoms. The minimum atomic E-state index is -1.20. The first-order valence-electron chi connectivity index (χ1n) is 11.1. The molecule has 0 aliphatic rings. The first kappa shape index (κ1) is 29.1. The molecule has 35 heavy (non-hydrogen) atoms. The molecule has 0 heterocycles. The fourth-order valence-electron chi connectivity index (χ4n) is 3.00. The maximum absolute atomic E-state index is 12.9. The van der Waals surface area contributed by atoms with Crippen molar-refractivity contribution in [3.05, 3.63) is 46.0 Å². The molecule has 2 atom stereocenters. The molecule has 0 saturated carbocycles. The zero-order chi connectivity index (χ0) is 26.4. The van der Waals surface area contributed by atoms with Gasteiger partial charge in [-0.2, -0.15) is 0 Å². The highest BCUT2D eigenvalue weighted by molar-refractivity contribution is 5.89. The van der Waals surface area contributed by atoms with Gasteiger partial charge >= 0.3 is 12.1 Å². The number of nitrogens with two attached hydrogens (primary N) is 1. The maximum atomic E-state index is 12.9. The summed E-state index contributed by atoms with van der Waals surface area (Å²) >= 11 is 0. The molecule has 2 amide bonds. The molecule has 0 aromatic heterocycles. The van der Waals surface area contributed by atoms with Crippen molar-refractivity contribution in [3.8, 4) is 0 Å². The highest BCUT2D eigenvalue weighted by Crippen LogP contribution is 2.10. The summed E-state index contributed by atoms with van der Waals surface area (Å²) in [6.07, 6.45) is 1.06. The Kier molecular flexibility index (Phi) is 12.0. The van der Waals surface area contributed by atoms with E-state index in [-0.39, 0.29) is 25.3 Å². The molecule has 1 aromatic carbocycles. The molecular weight excluding hydrogens is 460 g/mol. The average Bonchev–Trinajstić information content (AvgIpc) is 2.73. The van der Waals surface area contributed by atoms with Crippen LogP contribution in [0.15, 0.2) is 35.3 Å². The summed E-state index contributed by atoms with van der Waals surface area (Å²) in [7, 11) is 0. The van der Waals surface area contributed by atoms with Crippen LogP contribution in [-0.4, -0.2) is 58.3 Å². The van der Waals surface area contributed by atoms with Gasteiger partial charge in [-0.05, 0) is 39.2 Å². The van der Waals surface area contributed by atoms with E-state index >= 15 is 0 Å². The number of ether oxygens (including phenoxy) is 1. The second-order valence-corrected chi connectivity index (χ2v) is 8.77. The summed E-state index contributed by atoms with van der Waals surface area (Å²) < 4.78 is 5.24. The Bertz CT molecular complexity index is 886. The van der Waals surface area contributed by atoms with Gasteiger partial charge in [-0.3, -0.25) is 4.79 Å². The molecule has 0 fully saturated rings. The van der Waals surface area contributed by atoms with Crippen molar-refractivity contribution >= 4 is 23.9 Å². The lowest BCUT2D eigenvalue weighted by atomic mass is 10.0. The Morgan fingerprint density at radius 2 is 1.77 bits per heavy atom. The van der Waals surface area contributed by atoms with Crippen molar-refractivity contribution in [1.82, 2.24) is 16.1 Å². The molecule has 0 spiro atoms. The van der Waals surface area contributed by atoms with E-state index in [0.29, 0.717) is 19.3 Å². The van der Waals surface area contributed by atoms with Crippen LogP contribution in [0.1, 0.15) is 52.0 Å². The summed E-state index contributed by atoms with van der Waals surface area (Å²) in [5, 5.41) is 24.0. The van der Waals surface area contributed by atoms with E-state index in [4.69, 9.17) is 10.5 Å². The molecule has 0 saturated heterocycles. The molecule has 0 aliphatic carbocycles. The lowest BCUT2D eigenvalue weighted by Gasteiger charge is -2.24.